The number of carbonyl (C=O) groups is 4. The number of Topliss-reactive ketones (excluding diaryl/α,β-unsaturated/α-hetero) is 1. The van der Waals surface area contributed by atoms with Crippen LogP contribution >= 0.6 is 0 Å². The topological polar surface area (TPSA) is 113 Å². The highest BCUT2D eigenvalue weighted by molar-refractivity contribution is 5.97. The van der Waals surface area contributed by atoms with E-state index in [2.05, 4.69) is 22.7 Å². The van der Waals surface area contributed by atoms with E-state index >= 15 is 4.39 Å². The van der Waals surface area contributed by atoms with Crippen molar-refractivity contribution in [2.45, 2.75) is 110 Å². The second kappa shape index (κ2) is 15.3. The monoisotopic (exact) mass is 645 g/mol. The minimum absolute atomic E-state index is 0.0725. The number of ketones is 1. The number of aromatic nitrogens is 2. The van der Waals surface area contributed by atoms with Gasteiger partial charge in [-0.3, -0.25) is 23.9 Å². The molecule has 2 N–H and O–H groups in total. The summed E-state index contributed by atoms with van der Waals surface area (Å²) in [6.07, 6.45) is 3.93. The molecule has 9 nitrogen and oxygen atoms in total. The molecule has 46 heavy (non-hydrogen) atoms. The molecule has 1 aromatic carbocycles. The molecule has 0 bridgehead atoms. The number of alkyl halides is 2. The molecule has 1 saturated heterocycles. The van der Waals surface area contributed by atoms with Crippen molar-refractivity contribution in [1.82, 2.24) is 25.3 Å². The zero-order valence-corrected chi connectivity index (χ0v) is 27.2. The predicted octanol–water partition coefficient (Wildman–Crippen LogP) is 5.03. The summed E-state index contributed by atoms with van der Waals surface area (Å²) in [6.45, 7) is 7.57. The fourth-order valence-electron chi connectivity index (χ4n) is 6.48. The Bertz CT molecular complexity index is 1390. The van der Waals surface area contributed by atoms with Crippen molar-refractivity contribution >= 4 is 23.5 Å². The molecule has 1 aliphatic carbocycles. The highest BCUT2D eigenvalue weighted by Crippen LogP contribution is 2.32. The van der Waals surface area contributed by atoms with Gasteiger partial charge >= 0.3 is 0 Å². The van der Waals surface area contributed by atoms with E-state index in [1.54, 1.807) is 30.7 Å². The molecular formula is C34H46F3N5O4. The number of benzene rings is 1. The van der Waals surface area contributed by atoms with Crippen molar-refractivity contribution in [2.24, 2.45) is 11.8 Å². The molecule has 1 saturated carbocycles. The van der Waals surface area contributed by atoms with Crippen LogP contribution in [0, 0.1) is 17.7 Å². The molecule has 4 rings (SSSR count). The normalized spacial score (nSPS) is 21.6. The largest absolute Gasteiger partial charge is 0.344 e. The van der Waals surface area contributed by atoms with Gasteiger partial charge in [-0.25, -0.2) is 13.2 Å². The fraction of sp³-hybridized carbons (Fsp3) is 0.618. The van der Waals surface area contributed by atoms with Crippen LogP contribution in [0.4, 0.5) is 13.2 Å². The van der Waals surface area contributed by atoms with E-state index in [0.717, 1.165) is 25.7 Å². The van der Waals surface area contributed by atoms with Gasteiger partial charge in [-0.1, -0.05) is 45.7 Å². The number of hydrogen-bond donors (Lipinski definition) is 2. The Morgan fingerprint density at radius 1 is 1.02 bits per heavy atom. The van der Waals surface area contributed by atoms with Crippen LogP contribution in [0.2, 0.25) is 0 Å². The molecule has 2 aromatic rings. The molecule has 1 aromatic heterocycles. The van der Waals surface area contributed by atoms with Crippen LogP contribution in [-0.4, -0.2) is 69.3 Å². The minimum Gasteiger partial charge on any atom is -0.344 e. The van der Waals surface area contributed by atoms with Crippen molar-refractivity contribution in [1.29, 1.82) is 0 Å². The number of nitrogens with one attached hydrogen (secondary N) is 2. The van der Waals surface area contributed by atoms with Crippen molar-refractivity contribution in [2.75, 3.05) is 13.1 Å². The SMILES string of the molecule is CCC(=O)N[C@@H](C(=O)N1CCC(F)(F)CC1)[C@@H](C)c1ccc(CC(=O)[C@@H](NC(=O)c2ccnn2CC)C2CCC(C)CC2)c(F)c1. The fourth-order valence-corrected chi connectivity index (χ4v) is 6.48. The first-order valence-electron chi connectivity index (χ1n) is 16.4. The van der Waals surface area contributed by atoms with Crippen molar-refractivity contribution in [3.05, 3.63) is 53.1 Å². The maximum absolute atomic E-state index is 15.6. The third-order valence-electron chi connectivity index (χ3n) is 9.59. The molecule has 252 valence electrons. The standard InChI is InChI=1S/C34H46F3N5O4/c1-5-29(44)39-30(33(46)41-17-14-34(36,37)15-18-41)22(4)24-11-12-25(26(35)19-24)20-28(43)31(23-9-7-21(3)8-10-23)40-32(45)27-13-16-38-42(27)6-2/h11-13,16,19,21-23,30-31H,5-10,14-15,17-18,20H2,1-4H3,(H,39,44)(H,40,45)/t21?,22-,23?,30+,31-/m0/s1. The minimum atomic E-state index is -2.84. The van der Waals surface area contributed by atoms with Crippen LogP contribution in [-0.2, 0) is 27.3 Å². The Labute approximate surface area is 268 Å². The number of likely N-dealkylation sites (tertiary alicyclic amines) is 1. The first-order chi connectivity index (χ1) is 21.8. The van der Waals surface area contributed by atoms with Crippen molar-refractivity contribution in [3.8, 4) is 0 Å². The molecule has 2 aliphatic rings. The van der Waals surface area contributed by atoms with E-state index in [0.29, 0.717) is 23.7 Å². The van der Waals surface area contributed by atoms with Gasteiger partial charge in [0.05, 0.1) is 6.04 Å². The molecule has 0 unspecified atom stereocenters. The highest BCUT2D eigenvalue weighted by atomic mass is 19.3. The van der Waals surface area contributed by atoms with Gasteiger partial charge in [0.2, 0.25) is 11.8 Å². The molecule has 0 spiro atoms. The van der Waals surface area contributed by atoms with Crippen LogP contribution in [0.25, 0.3) is 0 Å². The quantitative estimate of drug-likeness (QED) is 0.336. The molecule has 2 heterocycles. The van der Waals surface area contributed by atoms with Gasteiger partial charge in [0.25, 0.3) is 11.8 Å². The average Bonchev–Trinajstić information content (AvgIpc) is 3.52. The second-order valence-corrected chi connectivity index (χ2v) is 12.9. The predicted molar refractivity (Wildman–Crippen MR) is 167 cm³/mol. The number of amides is 3. The van der Waals surface area contributed by atoms with E-state index in [9.17, 15) is 28.0 Å². The van der Waals surface area contributed by atoms with Crippen LogP contribution < -0.4 is 10.6 Å². The molecule has 0 radical (unpaired) electrons. The third-order valence-corrected chi connectivity index (χ3v) is 9.59. The molecule has 1 aliphatic heterocycles. The zero-order chi connectivity index (χ0) is 33.6. The van der Waals surface area contributed by atoms with Gasteiger partial charge in [0.1, 0.15) is 17.6 Å². The van der Waals surface area contributed by atoms with Crippen LogP contribution in [0.1, 0.15) is 100 Å². The molecule has 3 amide bonds. The van der Waals surface area contributed by atoms with Gasteiger partial charge in [-0.2, -0.15) is 5.10 Å². The first kappa shape index (κ1) is 35.2. The summed E-state index contributed by atoms with van der Waals surface area (Å²) in [7, 11) is 0. The Kier molecular flexibility index (Phi) is 11.7. The Hall–Kier alpha value is -3.70. The number of halogens is 3. The summed E-state index contributed by atoms with van der Waals surface area (Å²) in [5, 5.41) is 9.79. The molecule has 2 fully saturated rings. The van der Waals surface area contributed by atoms with Gasteiger partial charge in [0.15, 0.2) is 5.78 Å². The Morgan fingerprint density at radius 2 is 1.70 bits per heavy atom. The smallest absolute Gasteiger partial charge is 0.270 e. The maximum atomic E-state index is 15.6. The number of aryl methyl sites for hydroxylation is 1. The molecule has 12 heteroatoms. The number of rotatable bonds is 12. The van der Waals surface area contributed by atoms with Gasteiger partial charge < -0.3 is 15.5 Å². The number of piperidine rings is 1. The number of carbonyl (C=O) groups excluding carboxylic acids is 4. The zero-order valence-electron chi connectivity index (χ0n) is 27.2. The Morgan fingerprint density at radius 3 is 2.30 bits per heavy atom. The number of nitrogens with zero attached hydrogens (tertiary/aromatic N) is 3. The van der Waals surface area contributed by atoms with Gasteiger partial charge in [-0.15, -0.1) is 0 Å². The summed E-state index contributed by atoms with van der Waals surface area (Å²) >= 11 is 0. The lowest BCUT2D eigenvalue weighted by Gasteiger charge is -2.36. The van der Waals surface area contributed by atoms with E-state index in [1.165, 1.54) is 23.2 Å². The van der Waals surface area contributed by atoms with Crippen LogP contribution in [0.5, 0.6) is 0 Å². The second-order valence-electron chi connectivity index (χ2n) is 12.9. The van der Waals surface area contributed by atoms with E-state index in [-0.39, 0.29) is 49.1 Å². The maximum Gasteiger partial charge on any atom is 0.270 e. The Balaban J connectivity index is 1.52. The third kappa shape index (κ3) is 8.55. The molecule has 3 atom stereocenters. The number of hydrogen-bond acceptors (Lipinski definition) is 5. The van der Waals surface area contributed by atoms with Crippen molar-refractivity contribution < 1.29 is 32.3 Å². The summed E-state index contributed by atoms with van der Waals surface area (Å²) < 4.78 is 44.7. The summed E-state index contributed by atoms with van der Waals surface area (Å²) in [6, 6.07) is 4.11. The van der Waals surface area contributed by atoms with E-state index < -0.39 is 54.4 Å². The van der Waals surface area contributed by atoms with Gasteiger partial charge in [0, 0.05) is 57.4 Å². The summed E-state index contributed by atoms with van der Waals surface area (Å²) in [4.78, 5) is 54.0. The summed E-state index contributed by atoms with van der Waals surface area (Å²) in [5.41, 5.74) is 0.929. The van der Waals surface area contributed by atoms with Gasteiger partial charge in [-0.05, 0) is 54.9 Å². The van der Waals surface area contributed by atoms with Crippen molar-refractivity contribution in [3.63, 3.8) is 0 Å². The first-order valence-corrected chi connectivity index (χ1v) is 16.4. The summed E-state index contributed by atoms with van der Waals surface area (Å²) in [5.74, 6) is -5.27. The van der Waals surface area contributed by atoms with Crippen LogP contribution in [0.3, 0.4) is 0 Å². The van der Waals surface area contributed by atoms with E-state index in [4.69, 9.17) is 0 Å². The molecular weight excluding hydrogens is 599 g/mol. The lowest BCUT2D eigenvalue weighted by molar-refractivity contribution is -0.142. The van der Waals surface area contributed by atoms with Crippen LogP contribution in [0.15, 0.2) is 30.5 Å². The average molecular weight is 646 g/mol. The lowest BCUT2D eigenvalue weighted by atomic mass is 9.77. The highest BCUT2D eigenvalue weighted by Gasteiger charge is 2.39. The van der Waals surface area contributed by atoms with E-state index in [1.807, 2.05) is 6.92 Å². The lowest BCUT2D eigenvalue weighted by Crippen LogP contribution is -2.53.